The lowest BCUT2D eigenvalue weighted by atomic mass is 9.96. The van der Waals surface area contributed by atoms with Crippen molar-refractivity contribution in [2.75, 3.05) is 31.1 Å². The lowest BCUT2D eigenvalue weighted by Gasteiger charge is -2.48. The van der Waals surface area contributed by atoms with Crippen molar-refractivity contribution in [2.24, 2.45) is 0 Å². The maximum Gasteiger partial charge on any atom is 0.142 e. The minimum atomic E-state index is 0.561. The molecular weight excluding hydrogens is 248 g/mol. The van der Waals surface area contributed by atoms with Gasteiger partial charge in [-0.05, 0) is 45.4 Å². The van der Waals surface area contributed by atoms with Gasteiger partial charge in [0, 0.05) is 25.2 Å². The molecule has 0 aromatic heterocycles. The molecule has 3 rings (SSSR count). The Morgan fingerprint density at radius 1 is 1.20 bits per heavy atom. The highest BCUT2D eigenvalue weighted by atomic mass is 16.5. The van der Waals surface area contributed by atoms with Gasteiger partial charge in [-0.2, -0.15) is 0 Å². The predicted molar refractivity (Wildman–Crippen MR) is 83.6 cm³/mol. The Kier molecular flexibility index (Phi) is 4.16. The summed E-state index contributed by atoms with van der Waals surface area (Å²) in [7, 11) is 0. The second kappa shape index (κ2) is 6.04. The summed E-state index contributed by atoms with van der Waals surface area (Å²) in [6, 6.07) is 9.78. The Labute approximate surface area is 122 Å². The average molecular weight is 274 g/mol. The molecule has 2 unspecified atom stereocenters. The van der Waals surface area contributed by atoms with Crippen LogP contribution in [0.5, 0.6) is 5.75 Å². The Morgan fingerprint density at radius 3 is 2.90 bits per heavy atom. The van der Waals surface area contributed by atoms with E-state index < -0.39 is 0 Å². The Bertz CT molecular complexity index is 448. The van der Waals surface area contributed by atoms with E-state index in [1.165, 1.54) is 38.0 Å². The van der Waals surface area contributed by atoms with E-state index in [1.54, 1.807) is 0 Å². The van der Waals surface area contributed by atoms with Crippen LogP contribution in [0.1, 0.15) is 33.1 Å². The average Bonchev–Trinajstić information content (AvgIpc) is 2.48. The van der Waals surface area contributed by atoms with E-state index >= 15 is 0 Å². The minimum absolute atomic E-state index is 0.561. The van der Waals surface area contributed by atoms with E-state index in [2.05, 4.69) is 47.9 Å². The Balaban J connectivity index is 1.82. The highest BCUT2D eigenvalue weighted by Gasteiger charge is 2.33. The number of fused-ring (bicyclic) bond motifs is 1. The molecule has 0 aliphatic carbocycles. The van der Waals surface area contributed by atoms with Crippen LogP contribution in [0.25, 0.3) is 0 Å². The molecule has 20 heavy (non-hydrogen) atoms. The fourth-order valence-electron chi connectivity index (χ4n) is 3.66. The maximum absolute atomic E-state index is 5.82. The van der Waals surface area contributed by atoms with Crippen LogP contribution in [0.3, 0.4) is 0 Å². The van der Waals surface area contributed by atoms with Crippen molar-refractivity contribution >= 4 is 5.69 Å². The van der Waals surface area contributed by atoms with Crippen LogP contribution in [-0.4, -0.2) is 43.2 Å². The van der Waals surface area contributed by atoms with E-state index in [9.17, 15) is 0 Å². The third-order valence-electron chi connectivity index (χ3n) is 4.66. The molecule has 2 aliphatic heterocycles. The number of hydrogen-bond donors (Lipinski definition) is 0. The van der Waals surface area contributed by atoms with Crippen molar-refractivity contribution < 1.29 is 4.74 Å². The van der Waals surface area contributed by atoms with Gasteiger partial charge in [-0.3, -0.25) is 4.90 Å². The van der Waals surface area contributed by atoms with Crippen LogP contribution in [0.2, 0.25) is 0 Å². The van der Waals surface area contributed by atoms with E-state index in [0.717, 1.165) is 24.9 Å². The fraction of sp³-hybridized carbons (Fsp3) is 0.647. The van der Waals surface area contributed by atoms with Crippen LogP contribution in [-0.2, 0) is 0 Å². The van der Waals surface area contributed by atoms with E-state index in [0.29, 0.717) is 6.04 Å². The first-order chi connectivity index (χ1) is 9.79. The normalized spacial score (nSPS) is 27.2. The number of anilines is 1. The largest absolute Gasteiger partial charge is 0.492 e. The van der Waals surface area contributed by atoms with Crippen molar-refractivity contribution in [1.29, 1.82) is 0 Å². The standard InChI is InChI=1S/C17H26N2O/c1-3-20-17-10-5-4-9-16(17)19-13-15-8-6-7-11-18(15)12-14(19)2/h4-5,9-10,14-15H,3,6-8,11-13H2,1-2H3. The fourth-order valence-corrected chi connectivity index (χ4v) is 3.66. The Hall–Kier alpha value is -1.22. The van der Waals surface area contributed by atoms with Gasteiger partial charge >= 0.3 is 0 Å². The quantitative estimate of drug-likeness (QED) is 0.842. The zero-order chi connectivity index (χ0) is 13.9. The smallest absolute Gasteiger partial charge is 0.142 e. The molecule has 1 aromatic rings. The number of piperidine rings is 1. The summed E-state index contributed by atoms with van der Waals surface area (Å²) in [4.78, 5) is 5.24. The molecule has 2 atom stereocenters. The molecule has 0 saturated carbocycles. The zero-order valence-electron chi connectivity index (χ0n) is 12.7. The van der Waals surface area contributed by atoms with E-state index in [-0.39, 0.29) is 0 Å². The van der Waals surface area contributed by atoms with Crippen LogP contribution in [0, 0.1) is 0 Å². The molecule has 3 nitrogen and oxygen atoms in total. The SMILES string of the molecule is CCOc1ccccc1N1CC2CCCCN2CC1C. The predicted octanol–water partition coefficient (Wildman–Crippen LogP) is 3.15. The highest BCUT2D eigenvalue weighted by Crippen LogP contribution is 2.33. The number of ether oxygens (including phenoxy) is 1. The minimum Gasteiger partial charge on any atom is -0.492 e. The number of hydrogen-bond acceptors (Lipinski definition) is 3. The summed E-state index contributed by atoms with van der Waals surface area (Å²) in [5.74, 6) is 1.03. The first-order valence-electron chi connectivity index (χ1n) is 8.02. The van der Waals surface area contributed by atoms with Gasteiger partial charge in [-0.25, -0.2) is 0 Å². The van der Waals surface area contributed by atoms with Crippen molar-refractivity contribution in [3.63, 3.8) is 0 Å². The van der Waals surface area contributed by atoms with E-state index in [1.807, 2.05) is 0 Å². The van der Waals surface area contributed by atoms with Gasteiger partial charge in [0.2, 0.25) is 0 Å². The maximum atomic E-state index is 5.82. The molecule has 110 valence electrons. The van der Waals surface area contributed by atoms with E-state index in [4.69, 9.17) is 4.74 Å². The molecule has 2 heterocycles. The number of piperazine rings is 1. The monoisotopic (exact) mass is 274 g/mol. The van der Waals surface area contributed by atoms with Gasteiger partial charge in [0.1, 0.15) is 5.75 Å². The molecule has 2 saturated heterocycles. The first kappa shape index (κ1) is 13.7. The van der Waals surface area contributed by atoms with Gasteiger partial charge in [-0.15, -0.1) is 0 Å². The lowest BCUT2D eigenvalue weighted by Crippen LogP contribution is -2.58. The van der Waals surface area contributed by atoms with Crippen molar-refractivity contribution in [1.82, 2.24) is 4.90 Å². The molecule has 3 heteroatoms. The Morgan fingerprint density at radius 2 is 2.05 bits per heavy atom. The van der Waals surface area contributed by atoms with Gasteiger partial charge < -0.3 is 9.64 Å². The summed E-state index contributed by atoms with van der Waals surface area (Å²) >= 11 is 0. The molecular formula is C17H26N2O. The van der Waals surface area contributed by atoms with Gasteiger partial charge in [0.05, 0.1) is 12.3 Å². The number of para-hydroxylation sites is 2. The van der Waals surface area contributed by atoms with Gasteiger partial charge in [0.25, 0.3) is 0 Å². The molecule has 2 aliphatic rings. The summed E-state index contributed by atoms with van der Waals surface area (Å²) in [5, 5.41) is 0. The molecule has 0 radical (unpaired) electrons. The van der Waals surface area contributed by atoms with Gasteiger partial charge in [0.15, 0.2) is 0 Å². The third kappa shape index (κ3) is 2.64. The molecule has 0 N–H and O–H groups in total. The third-order valence-corrected chi connectivity index (χ3v) is 4.66. The summed E-state index contributed by atoms with van der Waals surface area (Å²) in [5.41, 5.74) is 1.27. The molecule has 1 aromatic carbocycles. The van der Waals surface area contributed by atoms with Gasteiger partial charge in [-0.1, -0.05) is 18.6 Å². The van der Waals surface area contributed by atoms with Crippen molar-refractivity contribution in [2.45, 2.75) is 45.2 Å². The molecule has 0 bridgehead atoms. The summed E-state index contributed by atoms with van der Waals surface area (Å²) in [6.45, 7) is 8.74. The number of nitrogens with zero attached hydrogens (tertiary/aromatic N) is 2. The van der Waals surface area contributed by atoms with Crippen molar-refractivity contribution in [3.05, 3.63) is 24.3 Å². The number of benzene rings is 1. The topological polar surface area (TPSA) is 15.7 Å². The summed E-state index contributed by atoms with van der Waals surface area (Å²) < 4.78 is 5.82. The van der Waals surface area contributed by atoms with Crippen molar-refractivity contribution in [3.8, 4) is 5.75 Å². The zero-order valence-corrected chi connectivity index (χ0v) is 12.7. The number of rotatable bonds is 3. The second-order valence-corrected chi connectivity index (χ2v) is 6.05. The molecule has 2 fully saturated rings. The lowest BCUT2D eigenvalue weighted by molar-refractivity contribution is 0.115. The van der Waals surface area contributed by atoms with Crippen LogP contribution < -0.4 is 9.64 Å². The van der Waals surface area contributed by atoms with Crippen LogP contribution >= 0.6 is 0 Å². The van der Waals surface area contributed by atoms with Crippen LogP contribution in [0.15, 0.2) is 24.3 Å². The molecule has 0 spiro atoms. The van der Waals surface area contributed by atoms with Crippen LogP contribution in [0.4, 0.5) is 5.69 Å². The highest BCUT2D eigenvalue weighted by molar-refractivity contribution is 5.59. The molecule has 0 amide bonds. The summed E-state index contributed by atoms with van der Waals surface area (Å²) in [6.07, 6.45) is 4.11. The second-order valence-electron chi connectivity index (χ2n) is 6.05. The first-order valence-corrected chi connectivity index (χ1v) is 8.02.